The Morgan fingerprint density at radius 1 is 0.905 bits per heavy atom. The van der Waals surface area contributed by atoms with Gasteiger partial charge in [-0.05, 0) is 24.1 Å². The maximum Gasteiger partial charge on any atom is 0.155 e. The van der Waals surface area contributed by atoms with Gasteiger partial charge < -0.3 is 0 Å². The lowest BCUT2D eigenvalue weighted by atomic mass is 10.0. The number of aromatic nitrogens is 2. The molecule has 0 atom stereocenters. The van der Waals surface area contributed by atoms with Crippen LogP contribution in [0.3, 0.4) is 0 Å². The van der Waals surface area contributed by atoms with Crippen molar-refractivity contribution in [3.05, 3.63) is 82.5 Å². The highest BCUT2D eigenvalue weighted by Gasteiger charge is 2.08. The molecule has 2 nitrogen and oxygen atoms in total. The second-order valence-corrected chi connectivity index (χ2v) is 5.43. The molecule has 0 saturated carbocycles. The Bertz CT molecular complexity index is 737. The monoisotopic (exact) mass is 294 g/mol. The largest absolute Gasteiger partial charge is 0.155 e. The molecule has 0 amide bonds. The molecule has 21 heavy (non-hydrogen) atoms. The first-order valence-corrected chi connectivity index (χ1v) is 7.23. The quantitative estimate of drug-likeness (QED) is 0.700. The summed E-state index contributed by atoms with van der Waals surface area (Å²) in [5.74, 6) is 0. The molecule has 3 heteroatoms. The zero-order chi connectivity index (χ0) is 14.7. The number of benzene rings is 2. The summed E-state index contributed by atoms with van der Waals surface area (Å²) >= 11 is 6.19. The van der Waals surface area contributed by atoms with Crippen molar-refractivity contribution in [1.29, 1.82) is 0 Å². The lowest BCUT2D eigenvalue weighted by molar-refractivity contribution is 1.00. The van der Waals surface area contributed by atoms with Crippen molar-refractivity contribution in [1.82, 2.24) is 10.2 Å². The van der Waals surface area contributed by atoms with E-state index in [9.17, 15) is 0 Å². The van der Waals surface area contributed by atoms with Crippen molar-refractivity contribution in [3.8, 4) is 11.3 Å². The van der Waals surface area contributed by atoms with Crippen molar-refractivity contribution < 1.29 is 0 Å². The molecule has 104 valence electrons. The van der Waals surface area contributed by atoms with Crippen LogP contribution < -0.4 is 0 Å². The number of halogens is 1. The number of hydrogen-bond donors (Lipinski definition) is 0. The minimum Gasteiger partial charge on any atom is -0.149 e. The number of hydrogen-bond acceptors (Lipinski definition) is 2. The average Bonchev–Trinajstić information content (AvgIpc) is 2.52. The van der Waals surface area contributed by atoms with Crippen LogP contribution in [0.2, 0.25) is 5.15 Å². The van der Waals surface area contributed by atoms with E-state index in [4.69, 9.17) is 11.6 Å². The van der Waals surface area contributed by atoms with E-state index in [1.165, 1.54) is 11.1 Å². The van der Waals surface area contributed by atoms with Gasteiger partial charge in [0.15, 0.2) is 5.15 Å². The zero-order valence-corrected chi connectivity index (χ0v) is 12.5. The van der Waals surface area contributed by atoms with Gasteiger partial charge in [0, 0.05) is 12.0 Å². The molecule has 0 bridgehead atoms. The minimum atomic E-state index is 0.468. The van der Waals surface area contributed by atoms with Crippen molar-refractivity contribution >= 4 is 11.6 Å². The topological polar surface area (TPSA) is 25.8 Å². The van der Waals surface area contributed by atoms with E-state index in [1.807, 2.05) is 36.4 Å². The van der Waals surface area contributed by atoms with Crippen LogP contribution in [0.1, 0.15) is 16.7 Å². The normalized spacial score (nSPS) is 10.6. The SMILES string of the molecule is Cc1ccc(Cc2cc(-c3ccccc3)nnc2Cl)cc1. The molecule has 0 fully saturated rings. The lowest BCUT2D eigenvalue weighted by Crippen LogP contribution is -1.96. The smallest absolute Gasteiger partial charge is 0.149 e. The fraction of sp³-hybridized carbons (Fsp3) is 0.111. The molecule has 0 unspecified atom stereocenters. The molecule has 0 radical (unpaired) electrons. The Hall–Kier alpha value is -2.19. The summed E-state index contributed by atoms with van der Waals surface area (Å²) in [6.45, 7) is 2.08. The summed E-state index contributed by atoms with van der Waals surface area (Å²) in [6, 6.07) is 20.5. The summed E-state index contributed by atoms with van der Waals surface area (Å²) < 4.78 is 0. The van der Waals surface area contributed by atoms with Gasteiger partial charge >= 0.3 is 0 Å². The average molecular weight is 295 g/mol. The Morgan fingerprint density at radius 3 is 2.33 bits per heavy atom. The van der Waals surface area contributed by atoms with Gasteiger partial charge in [0.1, 0.15) is 0 Å². The third-order valence-corrected chi connectivity index (χ3v) is 3.72. The highest BCUT2D eigenvalue weighted by atomic mass is 35.5. The third-order valence-electron chi connectivity index (χ3n) is 3.41. The number of aryl methyl sites for hydroxylation is 1. The van der Waals surface area contributed by atoms with Gasteiger partial charge in [-0.2, -0.15) is 0 Å². The van der Waals surface area contributed by atoms with E-state index in [2.05, 4.69) is 41.4 Å². The molecule has 0 aliphatic heterocycles. The molecule has 0 aliphatic rings. The lowest BCUT2D eigenvalue weighted by Gasteiger charge is -2.07. The molecular weight excluding hydrogens is 280 g/mol. The van der Waals surface area contributed by atoms with Gasteiger partial charge in [0.2, 0.25) is 0 Å². The first kappa shape index (κ1) is 13.8. The zero-order valence-electron chi connectivity index (χ0n) is 11.8. The van der Waals surface area contributed by atoms with Gasteiger partial charge in [-0.1, -0.05) is 71.8 Å². The second-order valence-electron chi connectivity index (χ2n) is 5.07. The highest BCUT2D eigenvalue weighted by Crippen LogP contribution is 2.23. The van der Waals surface area contributed by atoms with E-state index < -0.39 is 0 Å². The summed E-state index contributed by atoms with van der Waals surface area (Å²) in [4.78, 5) is 0. The van der Waals surface area contributed by atoms with E-state index >= 15 is 0 Å². The fourth-order valence-corrected chi connectivity index (χ4v) is 2.37. The van der Waals surface area contributed by atoms with E-state index in [0.29, 0.717) is 5.15 Å². The van der Waals surface area contributed by atoms with Crippen LogP contribution in [0.4, 0.5) is 0 Å². The summed E-state index contributed by atoms with van der Waals surface area (Å²) in [7, 11) is 0. The van der Waals surface area contributed by atoms with Gasteiger partial charge in [-0.15, -0.1) is 10.2 Å². The van der Waals surface area contributed by atoms with E-state index in [0.717, 1.165) is 23.2 Å². The number of rotatable bonds is 3. The van der Waals surface area contributed by atoms with Gasteiger partial charge in [0.25, 0.3) is 0 Å². The van der Waals surface area contributed by atoms with Crippen molar-refractivity contribution in [3.63, 3.8) is 0 Å². The molecule has 3 aromatic rings. The second kappa shape index (κ2) is 6.06. The summed E-state index contributed by atoms with van der Waals surface area (Å²) in [5, 5.41) is 8.74. The molecular formula is C18H15ClN2. The van der Waals surface area contributed by atoms with Crippen molar-refractivity contribution in [2.45, 2.75) is 13.3 Å². The maximum absolute atomic E-state index is 6.19. The van der Waals surface area contributed by atoms with Crippen LogP contribution in [0.5, 0.6) is 0 Å². The first-order chi connectivity index (χ1) is 10.2. The van der Waals surface area contributed by atoms with Crippen molar-refractivity contribution in [2.75, 3.05) is 0 Å². The van der Waals surface area contributed by atoms with Crippen LogP contribution in [-0.4, -0.2) is 10.2 Å². The van der Waals surface area contributed by atoms with E-state index in [1.54, 1.807) is 0 Å². The van der Waals surface area contributed by atoms with Gasteiger partial charge in [0.05, 0.1) is 5.69 Å². The van der Waals surface area contributed by atoms with Gasteiger partial charge in [-0.25, -0.2) is 0 Å². The Morgan fingerprint density at radius 2 is 1.62 bits per heavy atom. The van der Waals surface area contributed by atoms with Crippen LogP contribution in [0.15, 0.2) is 60.7 Å². The number of nitrogens with zero attached hydrogens (tertiary/aromatic N) is 2. The molecule has 0 aliphatic carbocycles. The molecule has 2 aromatic carbocycles. The van der Waals surface area contributed by atoms with Crippen LogP contribution >= 0.6 is 11.6 Å². The van der Waals surface area contributed by atoms with Crippen LogP contribution in [0.25, 0.3) is 11.3 Å². The fourth-order valence-electron chi connectivity index (χ4n) is 2.22. The van der Waals surface area contributed by atoms with E-state index in [-0.39, 0.29) is 0 Å². The maximum atomic E-state index is 6.19. The van der Waals surface area contributed by atoms with Gasteiger partial charge in [-0.3, -0.25) is 0 Å². The highest BCUT2D eigenvalue weighted by molar-refractivity contribution is 6.30. The van der Waals surface area contributed by atoms with Crippen LogP contribution in [0, 0.1) is 6.92 Å². The predicted molar refractivity (Wildman–Crippen MR) is 86.5 cm³/mol. The Kier molecular flexibility index (Phi) is 3.98. The van der Waals surface area contributed by atoms with Crippen LogP contribution in [-0.2, 0) is 6.42 Å². The Balaban J connectivity index is 1.93. The summed E-state index contributed by atoms with van der Waals surface area (Å²) in [5.41, 5.74) is 5.36. The van der Waals surface area contributed by atoms with Crippen molar-refractivity contribution in [2.24, 2.45) is 0 Å². The third kappa shape index (κ3) is 3.29. The Labute approximate surface area is 129 Å². The molecule has 1 aromatic heterocycles. The molecule has 0 saturated heterocycles. The molecule has 1 heterocycles. The molecule has 3 rings (SSSR count). The summed E-state index contributed by atoms with van der Waals surface area (Å²) in [6.07, 6.45) is 0.758. The predicted octanol–water partition coefficient (Wildman–Crippen LogP) is 4.70. The minimum absolute atomic E-state index is 0.468. The first-order valence-electron chi connectivity index (χ1n) is 6.85. The molecule has 0 N–H and O–H groups in total. The standard InChI is InChI=1S/C18H15ClN2/c1-13-7-9-14(10-8-13)11-16-12-17(20-21-18(16)19)15-5-3-2-4-6-15/h2-10,12H,11H2,1H3. The molecule has 0 spiro atoms.